The first-order valence-corrected chi connectivity index (χ1v) is 6.32. The van der Waals surface area contributed by atoms with Gasteiger partial charge in [0.2, 0.25) is 5.95 Å². The van der Waals surface area contributed by atoms with Gasteiger partial charge in [-0.1, -0.05) is 12.1 Å². The molecule has 0 saturated heterocycles. The van der Waals surface area contributed by atoms with E-state index in [0.29, 0.717) is 11.9 Å². The third kappa shape index (κ3) is 2.41. The van der Waals surface area contributed by atoms with Crippen LogP contribution in [0.15, 0.2) is 24.3 Å². The number of nitrogens with one attached hydrogen (secondary N) is 1. The SMILES string of the molecule is OC1CCC(CNc2nnc3ccccc3n2)C1. The number of rotatable bonds is 3. The summed E-state index contributed by atoms with van der Waals surface area (Å²) in [5, 5.41) is 20.8. The van der Waals surface area contributed by atoms with Crippen LogP contribution in [0.3, 0.4) is 0 Å². The molecule has 1 fully saturated rings. The molecule has 5 nitrogen and oxygen atoms in total. The Morgan fingerprint density at radius 2 is 2.00 bits per heavy atom. The van der Waals surface area contributed by atoms with Crippen LogP contribution in [0.4, 0.5) is 5.95 Å². The van der Waals surface area contributed by atoms with Gasteiger partial charge in [-0.25, -0.2) is 4.98 Å². The van der Waals surface area contributed by atoms with Crippen LogP contribution in [0, 0.1) is 5.92 Å². The molecule has 3 rings (SSSR count). The number of anilines is 1. The smallest absolute Gasteiger partial charge is 0.243 e. The lowest BCUT2D eigenvalue weighted by Gasteiger charge is -2.10. The third-order valence-corrected chi connectivity index (χ3v) is 3.42. The standard InChI is InChI=1S/C13H16N4O/c18-10-6-5-9(7-10)8-14-13-15-11-3-1-2-4-12(11)16-17-13/h1-4,9-10,18H,5-8H2,(H,14,15,17). The van der Waals surface area contributed by atoms with Crippen LogP contribution in [0.1, 0.15) is 19.3 Å². The van der Waals surface area contributed by atoms with Gasteiger partial charge in [0.05, 0.1) is 11.6 Å². The molecule has 1 aromatic heterocycles. The average molecular weight is 244 g/mol. The van der Waals surface area contributed by atoms with Gasteiger partial charge in [-0.15, -0.1) is 10.2 Å². The number of benzene rings is 1. The van der Waals surface area contributed by atoms with Gasteiger partial charge >= 0.3 is 0 Å². The van der Waals surface area contributed by atoms with E-state index in [1.807, 2.05) is 24.3 Å². The second-order valence-corrected chi connectivity index (χ2v) is 4.84. The van der Waals surface area contributed by atoms with Crippen LogP contribution in [-0.4, -0.2) is 32.9 Å². The Morgan fingerprint density at radius 3 is 2.78 bits per heavy atom. The number of para-hydroxylation sites is 1. The fourth-order valence-electron chi connectivity index (χ4n) is 2.43. The molecule has 0 radical (unpaired) electrons. The molecular formula is C13H16N4O. The van der Waals surface area contributed by atoms with Crippen molar-refractivity contribution in [1.82, 2.24) is 15.2 Å². The maximum Gasteiger partial charge on any atom is 0.243 e. The predicted octanol–water partition coefficient (Wildman–Crippen LogP) is 1.60. The number of hydrogen-bond acceptors (Lipinski definition) is 5. The van der Waals surface area contributed by atoms with Gasteiger partial charge in [0.25, 0.3) is 0 Å². The average Bonchev–Trinajstić information content (AvgIpc) is 2.82. The molecule has 1 aromatic carbocycles. The maximum atomic E-state index is 9.47. The molecule has 5 heteroatoms. The summed E-state index contributed by atoms with van der Waals surface area (Å²) in [7, 11) is 0. The zero-order valence-corrected chi connectivity index (χ0v) is 10.1. The van der Waals surface area contributed by atoms with E-state index in [4.69, 9.17) is 0 Å². The van der Waals surface area contributed by atoms with Gasteiger partial charge in [-0.05, 0) is 37.3 Å². The normalized spacial score (nSPS) is 23.4. The highest BCUT2D eigenvalue weighted by Gasteiger charge is 2.22. The van der Waals surface area contributed by atoms with Crippen LogP contribution < -0.4 is 5.32 Å². The molecule has 2 atom stereocenters. The van der Waals surface area contributed by atoms with E-state index in [9.17, 15) is 5.11 Å². The zero-order chi connectivity index (χ0) is 12.4. The molecule has 2 aromatic rings. The number of nitrogens with zero attached hydrogens (tertiary/aromatic N) is 3. The highest BCUT2D eigenvalue weighted by Crippen LogP contribution is 2.25. The van der Waals surface area contributed by atoms with Crippen molar-refractivity contribution in [3.05, 3.63) is 24.3 Å². The van der Waals surface area contributed by atoms with Crippen molar-refractivity contribution in [3.63, 3.8) is 0 Å². The number of aromatic nitrogens is 3. The van der Waals surface area contributed by atoms with E-state index in [-0.39, 0.29) is 6.10 Å². The lowest BCUT2D eigenvalue weighted by Crippen LogP contribution is -2.14. The Morgan fingerprint density at radius 1 is 1.17 bits per heavy atom. The van der Waals surface area contributed by atoms with E-state index in [1.54, 1.807) is 0 Å². The van der Waals surface area contributed by atoms with Crippen molar-refractivity contribution in [1.29, 1.82) is 0 Å². The van der Waals surface area contributed by atoms with E-state index in [0.717, 1.165) is 36.8 Å². The molecule has 1 aliphatic rings. The minimum Gasteiger partial charge on any atom is -0.393 e. The minimum absolute atomic E-state index is 0.132. The highest BCUT2D eigenvalue weighted by molar-refractivity contribution is 5.73. The van der Waals surface area contributed by atoms with Gasteiger partial charge in [-0.2, -0.15) is 0 Å². The third-order valence-electron chi connectivity index (χ3n) is 3.42. The minimum atomic E-state index is -0.132. The Kier molecular flexibility index (Phi) is 3.06. The fourth-order valence-corrected chi connectivity index (χ4v) is 2.43. The molecule has 94 valence electrons. The van der Waals surface area contributed by atoms with E-state index in [2.05, 4.69) is 20.5 Å². The number of hydrogen-bond donors (Lipinski definition) is 2. The summed E-state index contributed by atoms with van der Waals surface area (Å²) in [4.78, 5) is 4.41. The second kappa shape index (κ2) is 4.86. The maximum absolute atomic E-state index is 9.47. The lowest BCUT2D eigenvalue weighted by atomic mass is 10.1. The summed E-state index contributed by atoms with van der Waals surface area (Å²) in [5.41, 5.74) is 1.65. The summed E-state index contributed by atoms with van der Waals surface area (Å²) in [6, 6.07) is 7.68. The van der Waals surface area contributed by atoms with Crippen LogP contribution >= 0.6 is 0 Å². The Bertz CT molecular complexity index is 545. The van der Waals surface area contributed by atoms with Gasteiger partial charge in [-0.3, -0.25) is 0 Å². The summed E-state index contributed by atoms with van der Waals surface area (Å²) < 4.78 is 0. The van der Waals surface area contributed by atoms with Crippen molar-refractivity contribution < 1.29 is 5.11 Å². The van der Waals surface area contributed by atoms with Crippen LogP contribution in [0.2, 0.25) is 0 Å². The fraction of sp³-hybridized carbons (Fsp3) is 0.462. The molecule has 0 amide bonds. The largest absolute Gasteiger partial charge is 0.393 e. The van der Waals surface area contributed by atoms with E-state index in [1.165, 1.54) is 0 Å². The summed E-state index contributed by atoms with van der Waals surface area (Å²) in [6.45, 7) is 0.803. The van der Waals surface area contributed by atoms with Crippen molar-refractivity contribution in [2.45, 2.75) is 25.4 Å². The topological polar surface area (TPSA) is 70.9 Å². The van der Waals surface area contributed by atoms with Gasteiger partial charge < -0.3 is 10.4 Å². The van der Waals surface area contributed by atoms with Crippen LogP contribution in [-0.2, 0) is 0 Å². The summed E-state index contributed by atoms with van der Waals surface area (Å²) >= 11 is 0. The van der Waals surface area contributed by atoms with Gasteiger partial charge in [0.1, 0.15) is 5.52 Å². The Labute approximate surface area is 105 Å². The monoisotopic (exact) mass is 244 g/mol. The summed E-state index contributed by atoms with van der Waals surface area (Å²) in [5.74, 6) is 1.07. The first-order chi connectivity index (χ1) is 8.81. The Balaban J connectivity index is 1.67. The molecule has 2 unspecified atom stereocenters. The van der Waals surface area contributed by atoms with Crippen molar-refractivity contribution in [3.8, 4) is 0 Å². The van der Waals surface area contributed by atoms with Crippen molar-refractivity contribution >= 4 is 17.0 Å². The number of fused-ring (bicyclic) bond motifs is 1. The molecule has 1 saturated carbocycles. The number of aliphatic hydroxyl groups is 1. The lowest BCUT2D eigenvalue weighted by molar-refractivity contribution is 0.178. The van der Waals surface area contributed by atoms with Gasteiger partial charge in [0.15, 0.2) is 0 Å². The second-order valence-electron chi connectivity index (χ2n) is 4.84. The predicted molar refractivity (Wildman–Crippen MR) is 69.2 cm³/mol. The molecule has 1 heterocycles. The Hall–Kier alpha value is -1.75. The number of aliphatic hydroxyl groups excluding tert-OH is 1. The molecule has 0 bridgehead atoms. The highest BCUT2D eigenvalue weighted by atomic mass is 16.3. The van der Waals surface area contributed by atoms with Crippen molar-refractivity contribution in [2.75, 3.05) is 11.9 Å². The first kappa shape index (κ1) is 11.3. The zero-order valence-electron chi connectivity index (χ0n) is 10.1. The summed E-state index contributed by atoms with van der Waals surface area (Å²) in [6.07, 6.45) is 2.71. The van der Waals surface area contributed by atoms with Crippen LogP contribution in [0.25, 0.3) is 11.0 Å². The van der Waals surface area contributed by atoms with Crippen LogP contribution in [0.5, 0.6) is 0 Å². The molecule has 18 heavy (non-hydrogen) atoms. The first-order valence-electron chi connectivity index (χ1n) is 6.32. The molecule has 0 spiro atoms. The molecule has 1 aliphatic carbocycles. The van der Waals surface area contributed by atoms with E-state index < -0.39 is 0 Å². The molecule has 2 N–H and O–H groups in total. The quantitative estimate of drug-likeness (QED) is 0.858. The van der Waals surface area contributed by atoms with E-state index >= 15 is 0 Å². The van der Waals surface area contributed by atoms with Gasteiger partial charge in [0, 0.05) is 6.54 Å². The van der Waals surface area contributed by atoms with Crippen molar-refractivity contribution in [2.24, 2.45) is 5.92 Å². The molecule has 0 aliphatic heterocycles. The molecular weight excluding hydrogens is 228 g/mol.